The van der Waals surface area contributed by atoms with E-state index < -0.39 is 0 Å². The molecule has 0 spiro atoms. The van der Waals surface area contributed by atoms with E-state index >= 15 is 0 Å². The Morgan fingerprint density at radius 2 is 1.70 bits per heavy atom. The van der Waals surface area contributed by atoms with Crippen LogP contribution in [0.4, 0.5) is 0 Å². The third-order valence-corrected chi connectivity index (χ3v) is 3.37. The lowest BCUT2D eigenvalue weighted by Crippen LogP contribution is -2.30. The fraction of sp³-hybridized carbons (Fsp3) is 0.353. The highest BCUT2D eigenvalue weighted by Gasteiger charge is 1.99. The van der Waals surface area contributed by atoms with Gasteiger partial charge in [-0.15, -0.1) is 0 Å². The maximum atomic E-state index is 4.04. The number of nitrogens with one attached hydrogen (secondary N) is 1. The molecule has 20 heavy (non-hydrogen) atoms. The number of aromatic nitrogens is 1. The van der Waals surface area contributed by atoms with Crippen molar-refractivity contribution in [1.29, 1.82) is 0 Å². The second-order valence-electron chi connectivity index (χ2n) is 5.07. The first kappa shape index (κ1) is 14.7. The molecule has 106 valence electrons. The second kappa shape index (κ2) is 8.46. The van der Waals surface area contributed by atoms with Crippen LogP contribution in [0.5, 0.6) is 0 Å². The molecule has 0 saturated heterocycles. The van der Waals surface area contributed by atoms with Crippen molar-refractivity contribution in [3.63, 3.8) is 0 Å². The van der Waals surface area contributed by atoms with Crippen molar-refractivity contribution in [3.8, 4) is 0 Å². The molecule has 0 fully saturated rings. The van der Waals surface area contributed by atoms with Gasteiger partial charge in [-0.3, -0.25) is 4.98 Å². The fourth-order valence-electron chi connectivity index (χ4n) is 2.08. The highest BCUT2D eigenvalue weighted by molar-refractivity contribution is 5.14. The summed E-state index contributed by atoms with van der Waals surface area (Å²) in [7, 11) is 2.17. The van der Waals surface area contributed by atoms with E-state index in [0.717, 1.165) is 32.6 Å². The summed E-state index contributed by atoms with van der Waals surface area (Å²) in [6.45, 7) is 4.11. The maximum Gasteiger partial charge on any atom is 0.0270 e. The summed E-state index contributed by atoms with van der Waals surface area (Å²) in [4.78, 5) is 6.40. The molecule has 1 aromatic carbocycles. The van der Waals surface area contributed by atoms with Crippen LogP contribution in [0.2, 0.25) is 0 Å². The normalized spacial score (nSPS) is 10.9. The lowest BCUT2D eigenvalue weighted by Gasteiger charge is -2.16. The minimum atomic E-state index is 0.943. The average Bonchev–Trinajstić information content (AvgIpc) is 2.52. The molecule has 0 aliphatic heterocycles. The van der Waals surface area contributed by atoms with Gasteiger partial charge in [0.05, 0.1) is 0 Å². The Balaban J connectivity index is 1.57. The molecule has 0 aliphatic carbocycles. The molecular formula is C17H23N3. The van der Waals surface area contributed by atoms with Gasteiger partial charge in [-0.25, -0.2) is 0 Å². The molecule has 1 N–H and O–H groups in total. The van der Waals surface area contributed by atoms with Crippen LogP contribution in [0.25, 0.3) is 0 Å². The van der Waals surface area contributed by atoms with E-state index in [1.807, 2.05) is 12.4 Å². The minimum Gasteiger partial charge on any atom is -0.311 e. The van der Waals surface area contributed by atoms with Gasteiger partial charge in [-0.05, 0) is 36.7 Å². The van der Waals surface area contributed by atoms with Crippen LogP contribution in [0.3, 0.4) is 0 Å². The predicted molar refractivity (Wildman–Crippen MR) is 83.6 cm³/mol. The van der Waals surface area contributed by atoms with Gasteiger partial charge in [0.2, 0.25) is 0 Å². The summed E-state index contributed by atoms with van der Waals surface area (Å²) in [6.07, 6.45) is 4.80. The van der Waals surface area contributed by atoms with Crippen LogP contribution in [0.1, 0.15) is 11.1 Å². The predicted octanol–water partition coefficient (Wildman–Crippen LogP) is 2.35. The first-order valence-electron chi connectivity index (χ1n) is 7.16. The molecule has 2 aromatic rings. The number of pyridine rings is 1. The SMILES string of the molecule is CN(CCNCc1ccccc1)CCc1ccncc1. The van der Waals surface area contributed by atoms with Crippen LogP contribution in [0, 0.1) is 0 Å². The Labute approximate surface area is 121 Å². The quantitative estimate of drug-likeness (QED) is 0.746. The summed E-state index contributed by atoms with van der Waals surface area (Å²) in [5.41, 5.74) is 2.69. The van der Waals surface area contributed by atoms with E-state index in [1.165, 1.54) is 11.1 Å². The summed E-state index contributed by atoms with van der Waals surface area (Å²) in [6, 6.07) is 14.7. The zero-order chi connectivity index (χ0) is 14.0. The van der Waals surface area contributed by atoms with Crippen molar-refractivity contribution in [1.82, 2.24) is 15.2 Å². The molecule has 1 aromatic heterocycles. The molecule has 0 amide bonds. The van der Waals surface area contributed by atoms with Crippen LogP contribution in [-0.4, -0.2) is 36.6 Å². The molecule has 1 heterocycles. The van der Waals surface area contributed by atoms with Crippen molar-refractivity contribution in [2.45, 2.75) is 13.0 Å². The average molecular weight is 269 g/mol. The molecule has 0 saturated carbocycles. The van der Waals surface area contributed by atoms with Crippen LogP contribution in [-0.2, 0) is 13.0 Å². The van der Waals surface area contributed by atoms with Crippen molar-refractivity contribution in [2.24, 2.45) is 0 Å². The van der Waals surface area contributed by atoms with Gasteiger partial charge in [0.15, 0.2) is 0 Å². The molecule has 0 radical (unpaired) electrons. The van der Waals surface area contributed by atoms with Crippen LogP contribution in [0.15, 0.2) is 54.9 Å². The van der Waals surface area contributed by atoms with Crippen molar-refractivity contribution < 1.29 is 0 Å². The first-order chi connectivity index (χ1) is 9.84. The fourth-order valence-corrected chi connectivity index (χ4v) is 2.08. The zero-order valence-corrected chi connectivity index (χ0v) is 12.1. The van der Waals surface area contributed by atoms with Crippen molar-refractivity contribution >= 4 is 0 Å². The number of nitrogens with zero attached hydrogens (tertiary/aromatic N) is 2. The highest BCUT2D eigenvalue weighted by atomic mass is 15.1. The van der Waals surface area contributed by atoms with E-state index in [9.17, 15) is 0 Å². The third-order valence-electron chi connectivity index (χ3n) is 3.37. The Kier molecular flexibility index (Phi) is 6.21. The van der Waals surface area contributed by atoms with Gasteiger partial charge in [0, 0.05) is 38.6 Å². The van der Waals surface area contributed by atoms with E-state index in [2.05, 4.69) is 64.7 Å². The van der Waals surface area contributed by atoms with Gasteiger partial charge < -0.3 is 10.2 Å². The van der Waals surface area contributed by atoms with E-state index in [0.29, 0.717) is 0 Å². The maximum absolute atomic E-state index is 4.04. The lowest BCUT2D eigenvalue weighted by atomic mass is 10.2. The monoisotopic (exact) mass is 269 g/mol. The number of benzene rings is 1. The number of hydrogen-bond donors (Lipinski definition) is 1. The number of likely N-dealkylation sites (N-methyl/N-ethyl adjacent to an activating group) is 1. The van der Waals surface area contributed by atoms with Gasteiger partial charge >= 0.3 is 0 Å². The standard InChI is InChI=1S/C17H23N3/c1-20(13-9-16-7-10-18-11-8-16)14-12-19-15-17-5-3-2-4-6-17/h2-8,10-11,19H,9,12-15H2,1H3. The van der Waals surface area contributed by atoms with Gasteiger partial charge in [0.25, 0.3) is 0 Å². The molecule has 0 aliphatic rings. The Hall–Kier alpha value is -1.71. The van der Waals surface area contributed by atoms with Gasteiger partial charge in [0.1, 0.15) is 0 Å². The van der Waals surface area contributed by atoms with Gasteiger partial charge in [-0.1, -0.05) is 30.3 Å². The highest BCUT2D eigenvalue weighted by Crippen LogP contribution is 1.99. The van der Waals surface area contributed by atoms with Gasteiger partial charge in [-0.2, -0.15) is 0 Å². The van der Waals surface area contributed by atoms with E-state index in [4.69, 9.17) is 0 Å². The van der Waals surface area contributed by atoms with E-state index in [-0.39, 0.29) is 0 Å². The first-order valence-corrected chi connectivity index (χ1v) is 7.16. The summed E-state index contributed by atoms with van der Waals surface area (Å²) < 4.78 is 0. The smallest absolute Gasteiger partial charge is 0.0270 e. The topological polar surface area (TPSA) is 28.2 Å². The van der Waals surface area contributed by atoms with Crippen molar-refractivity contribution in [2.75, 3.05) is 26.7 Å². The summed E-state index contributed by atoms with van der Waals surface area (Å²) in [5.74, 6) is 0. The minimum absolute atomic E-state index is 0.943. The van der Waals surface area contributed by atoms with Crippen molar-refractivity contribution in [3.05, 3.63) is 66.0 Å². The molecular weight excluding hydrogens is 246 g/mol. The molecule has 0 unspecified atom stereocenters. The Morgan fingerprint density at radius 1 is 0.950 bits per heavy atom. The molecule has 2 rings (SSSR count). The number of hydrogen-bond acceptors (Lipinski definition) is 3. The molecule has 3 heteroatoms. The second-order valence-corrected chi connectivity index (χ2v) is 5.07. The van der Waals surface area contributed by atoms with Crippen LogP contribution >= 0.6 is 0 Å². The summed E-state index contributed by atoms with van der Waals surface area (Å²) in [5, 5.41) is 3.48. The number of rotatable bonds is 8. The van der Waals surface area contributed by atoms with Crippen LogP contribution < -0.4 is 5.32 Å². The molecule has 0 atom stereocenters. The third kappa shape index (κ3) is 5.51. The zero-order valence-electron chi connectivity index (χ0n) is 12.1. The Bertz CT molecular complexity index is 470. The van der Waals surface area contributed by atoms with E-state index in [1.54, 1.807) is 0 Å². The summed E-state index contributed by atoms with van der Waals surface area (Å²) >= 11 is 0. The lowest BCUT2D eigenvalue weighted by molar-refractivity contribution is 0.335. The largest absolute Gasteiger partial charge is 0.311 e. The molecule has 0 bridgehead atoms. The Morgan fingerprint density at radius 3 is 2.45 bits per heavy atom. The molecule has 3 nitrogen and oxygen atoms in total.